The molecule has 2 aromatic heterocycles. The van der Waals surface area contributed by atoms with E-state index in [1.165, 1.54) is 26.5 Å². The fourth-order valence-corrected chi connectivity index (χ4v) is 4.78. The van der Waals surface area contributed by atoms with Crippen LogP contribution in [-0.2, 0) is 30.0 Å². The zero-order valence-corrected chi connectivity index (χ0v) is 12.4. The predicted octanol–water partition coefficient (Wildman–Crippen LogP) is 0.589. The number of thiophene rings is 1. The summed E-state index contributed by atoms with van der Waals surface area (Å²) in [6, 6.07) is 3.30. The van der Waals surface area contributed by atoms with Gasteiger partial charge in [0.05, 0.1) is 18.6 Å². The smallest absolute Gasteiger partial charge is 0.256 e. The molecular weight excluding hydrogens is 298 g/mol. The summed E-state index contributed by atoms with van der Waals surface area (Å²) in [7, 11) is -1.84. The predicted molar refractivity (Wildman–Crippen MR) is 75.1 cm³/mol. The summed E-state index contributed by atoms with van der Waals surface area (Å²) in [6.07, 6.45) is 1.84. The van der Waals surface area contributed by atoms with Gasteiger partial charge in [-0.1, -0.05) is 6.07 Å². The summed E-state index contributed by atoms with van der Waals surface area (Å²) >= 11 is 1.19. The van der Waals surface area contributed by atoms with E-state index in [-0.39, 0.29) is 12.1 Å². The van der Waals surface area contributed by atoms with E-state index >= 15 is 0 Å². The third-order valence-corrected chi connectivity index (χ3v) is 6.56. The molecule has 0 saturated heterocycles. The zero-order chi connectivity index (χ0) is 14.3. The maximum Gasteiger partial charge on any atom is 0.256 e. The number of rotatable bonds is 2. The summed E-state index contributed by atoms with van der Waals surface area (Å²) in [5.74, 6) is 0. The van der Waals surface area contributed by atoms with Gasteiger partial charge in [0, 0.05) is 19.2 Å². The molecule has 0 aliphatic carbocycles. The fourth-order valence-electron chi connectivity index (χ4n) is 2.24. The Labute approximate surface area is 120 Å². The highest BCUT2D eigenvalue weighted by atomic mass is 32.2. The summed E-state index contributed by atoms with van der Waals surface area (Å²) < 4.78 is 28.0. The van der Waals surface area contributed by atoms with Crippen LogP contribution in [-0.4, -0.2) is 28.8 Å². The summed E-state index contributed by atoms with van der Waals surface area (Å²) in [6.45, 7) is 0.472. The van der Waals surface area contributed by atoms with Crippen LogP contribution in [0.5, 0.6) is 0 Å². The lowest BCUT2D eigenvalue weighted by Crippen LogP contribution is -2.39. The zero-order valence-electron chi connectivity index (χ0n) is 10.8. The standard InChI is InChI=1S/C12H13N3O3S2/c1-14-8-13-10-7-15(5-4-9(10)12(14)16)20(17,18)11-3-2-6-19-11/h2-3,6,8H,4-5,7H2,1H3. The van der Waals surface area contributed by atoms with Crippen molar-refractivity contribution in [3.05, 3.63) is 45.5 Å². The Bertz CT molecular complexity index is 794. The number of sulfonamides is 1. The summed E-state index contributed by atoms with van der Waals surface area (Å²) in [5.41, 5.74) is 1.08. The molecule has 2 aromatic rings. The van der Waals surface area contributed by atoms with Gasteiger partial charge in [-0.2, -0.15) is 4.31 Å². The van der Waals surface area contributed by atoms with Crippen molar-refractivity contribution in [2.75, 3.05) is 6.54 Å². The van der Waals surface area contributed by atoms with E-state index in [1.807, 2.05) is 0 Å². The third-order valence-electron chi connectivity index (χ3n) is 3.34. The minimum absolute atomic E-state index is 0.0943. The minimum Gasteiger partial charge on any atom is -0.302 e. The van der Waals surface area contributed by atoms with Crippen LogP contribution < -0.4 is 5.56 Å². The Balaban J connectivity index is 1.98. The van der Waals surface area contributed by atoms with Crippen LogP contribution >= 0.6 is 11.3 Å². The molecule has 0 amide bonds. The molecule has 20 heavy (non-hydrogen) atoms. The first-order valence-corrected chi connectivity index (χ1v) is 8.39. The first-order valence-electron chi connectivity index (χ1n) is 6.07. The van der Waals surface area contributed by atoms with Crippen molar-refractivity contribution in [2.24, 2.45) is 7.05 Å². The highest BCUT2D eigenvalue weighted by Gasteiger charge is 2.30. The molecule has 3 rings (SSSR count). The molecule has 0 atom stereocenters. The van der Waals surface area contributed by atoms with Gasteiger partial charge in [-0.25, -0.2) is 13.4 Å². The highest BCUT2D eigenvalue weighted by molar-refractivity contribution is 7.91. The third kappa shape index (κ3) is 2.09. The lowest BCUT2D eigenvalue weighted by molar-refractivity contribution is 0.383. The molecule has 0 N–H and O–H groups in total. The van der Waals surface area contributed by atoms with E-state index in [9.17, 15) is 13.2 Å². The second-order valence-corrected chi connectivity index (χ2v) is 7.72. The summed E-state index contributed by atoms with van der Waals surface area (Å²) in [4.78, 5) is 16.1. The van der Waals surface area contributed by atoms with E-state index in [0.29, 0.717) is 28.4 Å². The van der Waals surface area contributed by atoms with Crippen LogP contribution in [0.2, 0.25) is 0 Å². The molecule has 8 heteroatoms. The first-order chi connectivity index (χ1) is 9.50. The SMILES string of the molecule is Cn1cnc2c(c1=O)CCN(S(=O)(=O)c1cccs1)C2. The maximum absolute atomic E-state index is 12.4. The Morgan fingerprint density at radius 1 is 1.40 bits per heavy atom. The van der Waals surface area contributed by atoms with E-state index in [0.717, 1.165) is 0 Å². The molecule has 0 unspecified atom stereocenters. The number of aryl methyl sites for hydroxylation is 1. The molecule has 0 bridgehead atoms. The molecule has 0 fully saturated rings. The Morgan fingerprint density at radius 3 is 2.90 bits per heavy atom. The average molecular weight is 311 g/mol. The van der Waals surface area contributed by atoms with Gasteiger partial charge in [0.1, 0.15) is 4.21 Å². The molecule has 1 aliphatic rings. The lowest BCUT2D eigenvalue weighted by atomic mass is 10.1. The minimum atomic E-state index is -3.48. The van der Waals surface area contributed by atoms with Gasteiger partial charge in [-0.05, 0) is 17.9 Å². The van der Waals surface area contributed by atoms with Crippen LogP contribution in [0.15, 0.2) is 32.8 Å². The molecule has 6 nitrogen and oxygen atoms in total. The van der Waals surface area contributed by atoms with Crippen LogP contribution in [0.4, 0.5) is 0 Å². The number of aromatic nitrogens is 2. The quantitative estimate of drug-likeness (QED) is 0.814. The number of hydrogen-bond donors (Lipinski definition) is 0. The monoisotopic (exact) mass is 311 g/mol. The Morgan fingerprint density at radius 2 is 2.20 bits per heavy atom. The second kappa shape index (κ2) is 4.80. The Hall–Kier alpha value is -1.51. The highest BCUT2D eigenvalue weighted by Crippen LogP contribution is 2.25. The Kier molecular flexibility index (Phi) is 3.23. The van der Waals surface area contributed by atoms with Crippen molar-refractivity contribution in [3.8, 4) is 0 Å². The first kappa shape index (κ1) is 13.5. The van der Waals surface area contributed by atoms with Crippen molar-refractivity contribution in [1.29, 1.82) is 0 Å². The van der Waals surface area contributed by atoms with Crippen molar-refractivity contribution >= 4 is 21.4 Å². The molecule has 1 aliphatic heterocycles. The number of nitrogens with zero attached hydrogens (tertiary/aromatic N) is 3. The van der Waals surface area contributed by atoms with E-state index in [4.69, 9.17) is 0 Å². The van der Waals surface area contributed by atoms with Crippen molar-refractivity contribution in [2.45, 2.75) is 17.2 Å². The maximum atomic E-state index is 12.4. The van der Waals surface area contributed by atoms with E-state index in [2.05, 4.69) is 4.98 Å². The van der Waals surface area contributed by atoms with Gasteiger partial charge in [0.15, 0.2) is 0 Å². The molecule has 0 radical (unpaired) electrons. The van der Waals surface area contributed by atoms with Gasteiger partial charge >= 0.3 is 0 Å². The van der Waals surface area contributed by atoms with Crippen LogP contribution in [0.25, 0.3) is 0 Å². The largest absolute Gasteiger partial charge is 0.302 e. The van der Waals surface area contributed by atoms with E-state index < -0.39 is 10.0 Å². The molecule has 0 aromatic carbocycles. The molecule has 0 spiro atoms. The van der Waals surface area contributed by atoms with E-state index in [1.54, 1.807) is 24.6 Å². The second-order valence-electron chi connectivity index (χ2n) is 4.61. The van der Waals surface area contributed by atoms with Gasteiger partial charge < -0.3 is 4.57 Å². The molecule has 106 valence electrons. The van der Waals surface area contributed by atoms with Gasteiger partial charge in [0.25, 0.3) is 15.6 Å². The normalized spacial score (nSPS) is 16.1. The van der Waals surface area contributed by atoms with Crippen LogP contribution in [0, 0.1) is 0 Å². The summed E-state index contributed by atoms with van der Waals surface area (Å²) in [5, 5.41) is 1.73. The molecule has 0 saturated carbocycles. The molecular formula is C12H13N3O3S2. The van der Waals surface area contributed by atoms with Crippen molar-refractivity contribution < 1.29 is 8.42 Å². The van der Waals surface area contributed by atoms with Crippen molar-refractivity contribution in [1.82, 2.24) is 13.9 Å². The number of hydrogen-bond acceptors (Lipinski definition) is 5. The average Bonchev–Trinajstić information content (AvgIpc) is 2.97. The number of fused-ring (bicyclic) bond motifs is 1. The topological polar surface area (TPSA) is 72.3 Å². The van der Waals surface area contributed by atoms with Gasteiger partial charge in [0.2, 0.25) is 0 Å². The van der Waals surface area contributed by atoms with Crippen LogP contribution in [0.1, 0.15) is 11.3 Å². The fraction of sp³-hybridized carbons (Fsp3) is 0.333. The van der Waals surface area contributed by atoms with Crippen LogP contribution in [0.3, 0.4) is 0 Å². The molecule has 3 heterocycles. The van der Waals surface area contributed by atoms with Gasteiger partial charge in [-0.15, -0.1) is 11.3 Å². The lowest BCUT2D eigenvalue weighted by Gasteiger charge is -2.26. The van der Waals surface area contributed by atoms with Crippen molar-refractivity contribution in [3.63, 3.8) is 0 Å². The van der Waals surface area contributed by atoms with Gasteiger partial charge in [-0.3, -0.25) is 4.79 Å².